The molecule has 0 aliphatic carbocycles. The SMILES string of the molecule is CC1(COP(=O)(O)OP(=O)(O)O)OC(C)(n2ccc(=O)n(Cc3noc4c(F)cccc34)c2=O)C(O)C1O. The first-order valence-electron chi connectivity index (χ1n) is 10.6. The highest BCUT2D eigenvalue weighted by atomic mass is 31.3. The number of benzene rings is 1. The zero-order valence-electron chi connectivity index (χ0n) is 19.6. The highest BCUT2D eigenvalue weighted by molar-refractivity contribution is 7.60. The first-order chi connectivity index (χ1) is 17.5. The molecule has 3 aromatic rings. The van der Waals surface area contributed by atoms with Gasteiger partial charge in [-0.2, -0.15) is 4.31 Å². The highest BCUT2D eigenvalue weighted by Crippen LogP contribution is 2.58. The average molecular weight is 581 g/mol. The number of phosphoric ester groups is 1. The summed E-state index contributed by atoms with van der Waals surface area (Å²) in [6, 6.07) is 4.95. The van der Waals surface area contributed by atoms with Crippen LogP contribution in [-0.4, -0.2) is 63.6 Å². The highest BCUT2D eigenvalue weighted by Gasteiger charge is 2.60. The van der Waals surface area contributed by atoms with Gasteiger partial charge in [0.25, 0.3) is 5.56 Å². The van der Waals surface area contributed by atoms with E-state index in [-0.39, 0.29) is 16.7 Å². The van der Waals surface area contributed by atoms with E-state index in [0.717, 1.165) is 29.8 Å². The molecule has 2 aromatic heterocycles. The van der Waals surface area contributed by atoms with Crippen LogP contribution in [0.4, 0.5) is 4.39 Å². The number of aliphatic hydroxyl groups excluding tert-OH is 2. The third-order valence-corrected chi connectivity index (χ3v) is 8.15. The monoisotopic (exact) mass is 581 g/mol. The summed E-state index contributed by atoms with van der Waals surface area (Å²) in [5, 5.41) is 25.4. The lowest BCUT2D eigenvalue weighted by molar-refractivity contribution is -0.173. The first-order valence-corrected chi connectivity index (χ1v) is 13.7. The van der Waals surface area contributed by atoms with Crippen molar-refractivity contribution in [3.63, 3.8) is 0 Å². The molecule has 5 atom stereocenters. The van der Waals surface area contributed by atoms with E-state index >= 15 is 0 Å². The number of para-hydroxylation sites is 1. The molecule has 1 saturated heterocycles. The quantitative estimate of drug-likeness (QED) is 0.216. The van der Waals surface area contributed by atoms with Gasteiger partial charge in [0.2, 0.25) is 5.58 Å². The normalized spacial score (nSPS) is 27.6. The van der Waals surface area contributed by atoms with Gasteiger partial charge in [0.15, 0.2) is 11.5 Å². The Morgan fingerprint density at radius 1 is 1.13 bits per heavy atom. The maximum absolute atomic E-state index is 14.0. The summed E-state index contributed by atoms with van der Waals surface area (Å²) >= 11 is 0. The molecule has 4 rings (SSSR count). The van der Waals surface area contributed by atoms with Crippen molar-refractivity contribution in [1.29, 1.82) is 0 Å². The van der Waals surface area contributed by atoms with Crippen LogP contribution in [-0.2, 0) is 35.0 Å². The number of rotatable bonds is 8. The summed E-state index contributed by atoms with van der Waals surface area (Å²) in [5.41, 5.74) is -6.08. The number of phosphoric acid groups is 2. The molecule has 1 fully saturated rings. The Morgan fingerprint density at radius 2 is 1.82 bits per heavy atom. The summed E-state index contributed by atoms with van der Waals surface area (Å²) in [4.78, 5) is 52.9. The molecular formula is C19H22FN3O13P2. The molecule has 16 nitrogen and oxygen atoms in total. The van der Waals surface area contributed by atoms with Gasteiger partial charge in [0.1, 0.15) is 23.5 Å². The Morgan fingerprint density at radius 3 is 2.47 bits per heavy atom. The summed E-state index contributed by atoms with van der Waals surface area (Å²) in [5.74, 6) is -0.705. The second kappa shape index (κ2) is 9.57. The van der Waals surface area contributed by atoms with Crippen molar-refractivity contribution in [1.82, 2.24) is 14.3 Å². The fourth-order valence-electron chi connectivity index (χ4n) is 4.14. The number of aromatic nitrogens is 3. The van der Waals surface area contributed by atoms with Crippen molar-refractivity contribution in [2.75, 3.05) is 6.61 Å². The van der Waals surface area contributed by atoms with E-state index in [2.05, 4.69) is 14.0 Å². The van der Waals surface area contributed by atoms with E-state index in [1.165, 1.54) is 19.1 Å². The molecule has 5 N–H and O–H groups in total. The van der Waals surface area contributed by atoms with Gasteiger partial charge in [-0.25, -0.2) is 18.3 Å². The number of fused-ring (bicyclic) bond motifs is 1. The Bertz CT molecular complexity index is 1600. The van der Waals surface area contributed by atoms with Crippen LogP contribution in [0.2, 0.25) is 0 Å². The molecule has 1 aliphatic rings. The zero-order chi connectivity index (χ0) is 28.3. The minimum atomic E-state index is -5.43. The van der Waals surface area contributed by atoms with E-state index in [9.17, 15) is 38.2 Å². The molecule has 0 bridgehead atoms. The summed E-state index contributed by atoms with van der Waals surface area (Å²) < 4.78 is 57.1. The lowest BCUT2D eigenvalue weighted by Gasteiger charge is -2.32. The second-order valence-corrected chi connectivity index (χ2v) is 11.6. The van der Waals surface area contributed by atoms with Crippen LogP contribution in [0.3, 0.4) is 0 Å². The van der Waals surface area contributed by atoms with E-state index in [4.69, 9.17) is 19.0 Å². The molecule has 1 aromatic carbocycles. The van der Waals surface area contributed by atoms with Crippen molar-refractivity contribution in [3.8, 4) is 0 Å². The standard InChI is InChI=1S/C19H22FN3O13P2/c1-18(9-33-38(31,32)36-37(28,29)30)15(25)16(26)19(2,35-18)23-7-6-13(24)22(17(23)27)8-12-10-4-3-5-11(20)14(10)34-21-12/h3-7,15-16,25-26H,8-9H2,1-2H3,(H,31,32)(H2,28,29,30). The van der Waals surface area contributed by atoms with Gasteiger partial charge < -0.3 is 34.2 Å². The number of hydrogen-bond donors (Lipinski definition) is 5. The number of nitrogens with zero attached hydrogens (tertiary/aromatic N) is 3. The lowest BCUT2D eigenvalue weighted by atomic mass is 9.96. The van der Waals surface area contributed by atoms with E-state index in [0.29, 0.717) is 4.57 Å². The van der Waals surface area contributed by atoms with Gasteiger partial charge in [0, 0.05) is 17.6 Å². The van der Waals surface area contributed by atoms with E-state index in [1.54, 1.807) is 0 Å². The van der Waals surface area contributed by atoms with Crippen molar-refractivity contribution in [2.45, 2.75) is 43.9 Å². The molecule has 0 amide bonds. The largest absolute Gasteiger partial charge is 0.481 e. The minimum Gasteiger partial charge on any atom is -0.387 e. The van der Waals surface area contributed by atoms with Gasteiger partial charge >= 0.3 is 21.3 Å². The third kappa shape index (κ3) is 5.18. The van der Waals surface area contributed by atoms with Crippen molar-refractivity contribution in [2.24, 2.45) is 0 Å². The molecule has 19 heteroatoms. The van der Waals surface area contributed by atoms with Crippen molar-refractivity contribution < 1.29 is 56.5 Å². The van der Waals surface area contributed by atoms with Gasteiger partial charge in [-0.1, -0.05) is 11.2 Å². The third-order valence-electron chi connectivity index (χ3n) is 6.02. The van der Waals surface area contributed by atoms with Gasteiger partial charge in [0.05, 0.1) is 13.2 Å². The van der Waals surface area contributed by atoms with Crippen LogP contribution < -0.4 is 11.2 Å². The molecule has 1 aliphatic heterocycles. The van der Waals surface area contributed by atoms with Gasteiger partial charge in [-0.15, -0.1) is 0 Å². The zero-order valence-corrected chi connectivity index (χ0v) is 21.4. The van der Waals surface area contributed by atoms with Crippen LogP contribution in [0.25, 0.3) is 11.0 Å². The van der Waals surface area contributed by atoms with Crippen molar-refractivity contribution in [3.05, 3.63) is 62.8 Å². The summed E-state index contributed by atoms with van der Waals surface area (Å²) in [7, 11) is -10.8. The minimum absolute atomic E-state index is 0.0523. The summed E-state index contributed by atoms with van der Waals surface area (Å²) in [6.07, 6.45) is -2.78. The first kappa shape index (κ1) is 28.4. The smallest absolute Gasteiger partial charge is 0.387 e. The topological polar surface area (TPSA) is 233 Å². The van der Waals surface area contributed by atoms with Gasteiger partial charge in [-0.3, -0.25) is 18.5 Å². The Hall–Kier alpha value is -2.56. The van der Waals surface area contributed by atoms with Crippen LogP contribution in [0.15, 0.2) is 44.6 Å². The molecule has 0 saturated carbocycles. The van der Waals surface area contributed by atoms with Crippen LogP contribution >= 0.6 is 15.6 Å². The maximum Gasteiger partial charge on any atom is 0.481 e. The number of ether oxygens (including phenoxy) is 1. The summed E-state index contributed by atoms with van der Waals surface area (Å²) in [6.45, 7) is 0.811. The van der Waals surface area contributed by atoms with Crippen LogP contribution in [0.5, 0.6) is 0 Å². The second-order valence-electron chi connectivity index (χ2n) is 8.81. The fourth-order valence-corrected chi connectivity index (χ4v) is 5.82. The fraction of sp³-hybridized carbons (Fsp3) is 0.421. The van der Waals surface area contributed by atoms with Crippen molar-refractivity contribution >= 4 is 26.6 Å². The van der Waals surface area contributed by atoms with E-state index in [1.807, 2.05) is 0 Å². The average Bonchev–Trinajstić information content (AvgIpc) is 3.28. The predicted molar refractivity (Wildman–Crippen MR) is 122 cm³/mol. The molecule has 3 heterocycles. The Labute approximate surface area is 211 Å². The van der Waals surface area contributed by atoms with Gasteiger partial charge in [-0.05, 0) is 26.0 Å². The Kier molecular flexibility index (Phi) is 7.16. The van der Waals surface area contributed by atoms with Crippen LogP contribution in [0.1, 0.15) is 19.5 Å². The molecule has 208 valence electrons. The molecule has 5 unspecified atom stereocenters. The number of hydrogen-bond acceptors (Lipinski definition) is 11. The Balaban J connectivity index is 1.67. The predicted octanol–water partition coefficient (Wildman–Crippen LogP) is -0.252. The maximum atomic E-state index is 14.0. The molecular weight excluding hydrogens is 559 g/mol. The number of aliphatic hydroxyl groups is 2. The molecule has 0 spiro atoms. The number of halogens is 1. The van der Waals surface area contributed by atoms with E-state index < -0.39 is 69.4 Å². The molecule has 0 radical (unpaired) electrons. The lowest BCUT2D eigenvalue weighted by Crippen LogP contribution is -2.52. The molecule has 38 heavy (non-hydrogen) atoms. The van der Waals surface area contributed by atoms with Crippen LogP contribution in [0, 0.1) is 5.82 Å².